The lowest BCUT2D eigenvalue weighted by molar-refractivity contribution is 0.499. The highest BCUT2D eigenvalue weighted by Crippen LogP contribution is 1.93. The van der Waals surface area contributed by atoms with E-state index in [1.165, 1.54) is 0 Å². The van der Waals surface area contributed by atoms with Crippen LogP contribution in [-0.2, 0) is 0 Å². The molecule has 4 nitrogen and oxygen atoms in total. The summed E-state index contributed by atoms with van der Waals surface area (Å²) in [5, 5.41) is 11.5. The fraction of sp³-hybridized carbons (Fsp3) is 0.857. The third kappa shape index (κ3) is 5.80. The van der Waals surface area contributed by atoms with Gasteiger partial charge in [0.05, 0.1) is 12.5 Å². The molecule has 0 aromatic rings. The maximum absolute atomic E-state index is 8.40. The minimum Gasteiger partial charge on any atom is -0.330 e. The summed E-state index contributed by atoms with van der Waals surface area (Å²) in [6, 6.07) is 2.32. The highest BCUT2D eigenvalue weighted by Gasteiger charge is 2.04. The molecule has 1 atom stereocenters. The van der Waals surface area contributed by atoms with Crippen molar-refractivity contribution in [3.8, 4) is 6.07 Å². The summed E-state index contributed by atoms with van der Waals surface area (Å²) in [7, 11) is 0. The molecule has 0 bridgehead atoms. The summed E-state index contributed by atoms with van der Waals surface area (Å²) in [5.74, 6) is 0. The third-order valence-corrected chi connectivity index (χ3v) is 1.43. The van der Waals surface area contributed by atoms with Gasteiger partial charge in [0.25, 0.3) is 0 Å². The highest BCUT2D eigenvalue weighted by molar-refractivity contribution is 4.80. The van der Waals surface area contributed by atoms with Crippen molar-refractivity contribution in [3.63, 3.8) is 0 Å². The first kappa shape index (κ1) is 10.4. The minimum absolute atomic E-state index is 0.216. The maximum Gasteiger partial charge on any atom is 0.0638 e. The van der Waals surface area contributed by atoms with Crippen molar-refractivity contribution < 1.29 is 0 Å². The largest absolute Gasteiger partial charge is 0.330 e. The fourth-order valence-corrected chi connectivity index (χ4v) is 0.875. The standard InChI is InChI=1S/C7H16N4/c8-3-1-7(2-4-9)11-6-5-10/h7,11H,1-3,5-6,8,10H2. The van der Waals surface area contributed by atoms with Crippen LogP contribution in [0.3, 0.4) is 0 Å². The van der Waals surface area contributed by atoms with Crippen molar-refractivity contribution in [2.45, 2.75) is 18.9 Å². The van der Waals surface area contributed by atoms with Crippen molar-refractivity contribution >= 4 is 0 Å². The lowest BCUT2D eigenvalue weighted by Crippen LogP contribution is -2.34. The second-order valence-electron chi connectivity index (χ2n) is 2.38. The van der Waals surface area contributed by atoms with Crippen molar-refractivity contribution in [2.75, 3.05) is 19.6 Å². The molecule has 0 saturated heterocycles. The average Bonchev–Trinajstić information content (AvgIpc) is 2.01. The molecule has 0 aromatic carbocycles. The molecule has 4 heteroatoms. The molecule has 0 spiro atoms. The lowest BCUT2D eigenvalue weighted by atomic mass is 10.1. The molecule has 0 aliphatic carbocycles. The summed E-state index contributed by atoms with van der Waals surface area (Å²) in [6.07, 6.45) is 1.35. The predicted octanol–water partition coefficient (Wildman–Crippen LogP) is -0.834. The maximum atomic E-state index is 8.40. The van der Waals surface area contributed by atoms with Crippen LogP contribution in [0.2, 0.25) is 0 Å². The summed E-state index contributed by atoms with van der Waals surface area (Å²) < 4.78 is 0. The van der Waals surface area contributed by atoms with Crippen LogP contribution in [0.1, 0.15) is 12.8 Å². The molecular formula is C7H16N4. The van der Waals surface area contributed by atoms with Gasteiger partial charge >= 0.3 is 0 Å². The Kier molecular flexibility index (Phi) is 7.05. The number of nitrogens with two attached hydrogens (primary N) is 2. The van der Waals surface area contributed by atoms with Gasteiger partial charge in [-0.15, -0.1) is 0 Å². The Bertz CT molecular complexity index is 118. The van der Waals surface area contributed by atoms with Crippen molar-refractivity contribution in [1.29, 1.82) is 5.26 Å². The summed E-state index contributed by atoms with van der Waals surface area (Å²) >= 11 is 0. The molecule has 1 unspecified atom stereocenters. The van der Waals surface area contributed by atoms with Crippen molar-refractivity contribution in [2.24, 2.45) is 11.5 Å². The molecule has 5 N–H and O–H groups in total. The van der Waals surface area contributed by atoms with Gasteiger partial charge in [-0.1, -0.05) is 0 Å². The van der Waals surface area contributed by atoms with E-state index in [1.54, 1.807) is 0 Å². The summed E-state index contributed by atoms with van der Waals surface area (Å²) in [4.78, 5) is 0. The second kappa shape index (κ2) is 7.48. The third-order valence-electron chi connectivity index (χ3n) is 1.43. The zero-order chi connectivity index (χ0) is 8.53. The Morgan fingerprint density at radius 3 is 2.55 bits per heavy atom. The van der Waals surface area contributed by atoms with E-state index in [4.69, 9.17) is 16.7 Å². The Hall–Kier alpha value is -0.630. The molecule has 64 valence electrons. The van der Waals surface area contributed by atoms with Gasteiger partial charge in [-0.2, -0.15) is 5.26 Å². The van der Waals surface area contributed by atoms with Crippen LogP contribution >= 0.6 is 0 Å². The summed E-state index contributed by atoms with van der Waals surface area (Å²) in [5.41, 5.74) is 10.6. The number of hydrogen-bond donors (Lipinski definition) is 3. The molecule has 0 saturated carbocycles. The monoisotopic (exact) mass is 156 g/mol. The van der Waals surface area contributed by atoms with E-state index in [-0.39, 0.29) is 6.04 Å². The Morgan fingerprint density at radius 2 is 2.09 bits per heavy atom. The van der Waals surface area contributed by atoms with Crippen LogP contribution in [0.4, 0.5) is 0 Å². The molecule has 0 aliphatic rings. The normalized spacial score (nSPS) is 12.5. The van der Waals surface area contributed by atoms with Gasteiger partial charge in [0.1, 0.15) is 0 Å². The number of nitrogens with zero attached hydrogens (tertiary/aromatic N) is 1. The first-order valence-electron chi connectivity index (χ1n) is 3.85. The Morgan fingerprint density at radius 1 is 1.36 bits per heavy atom. The van der Waals surface area contributed by atoms with Gasteiger partial charge in [-0.25, -0.2) is 0 Å². The number of nitrogens with one attached hydrogen (secondary N) is 1. The molecule has 0 radical (unpaired) electrons. The van der Waals surface area contributed by atoms with E-state index in [9.17, 15) is 0 Å². The first-order valence-corrected chi connectivity index (χ1v) is 3.85. The van der Waals surface area contributed by atoms with Gasteiger partial charge in [-0.05, 0) is 13.0 Å². The van der Waals surface area contributed by atoms with Crippen LogP contribution < -0.4 is 16.8 Å². The van der Waals surface area contributed by atoms with Crippen molar-refractivity contribution in [3.05, 3.63) is 0 Å². The van der Waals surface area contributed by atoms with Gasteiger partial charge in [0, 0.05) is 19.1 Å². The first-order chi connectivity index (χ1) is 5.35. The average molecular weight is 156 g/mol. The molecule has 0 aliphatic heterocycles. The van der Waals surface area contributed by atoms with E-state index in [0.717, 1.165) is 13.0 Å². The molecule has 0 heterocycles. The van der Waals surface area contributed by atoms with Crippen molar-refractivity contribution in [1.82, 2.24) is 5.32 Å². The van der Waals surface area contributed by atoms with E-state index in [0.29, 0.717) is 19.5 Å². The number of hydrogen-bond acceptors (Lipinski definition) is 4. The molecule has 0 aromatic heterocycles. The highest BCUT2D eigenvalue weighted by atomic mass is 14.9. The SMILES string of the molecule is N#CCC(CCN)NCCN. The fourth-order valence-electron chi connectivity index (χ4n) is 0.875. The zero-order valence-electron chi connectivity index (χ0n) is 6.71. The van der Waals surface area contributed by atoms with E-state index < -0.39 is 0 Å². The minimum atomic E-state index is 0.216. The molecule has 0 amide bonds. The number of rotatable bonds is 6. The van der Waals surface area contributed by atoms with Crippen LogP contribution in [0.15, 0.2) is 0 Å². The molecular weight excluding hydrogens is 140 g/mol. The van der Waals surface area contributed by atoms with E-state index >= 15 is 0 Å². The lowest BCUT2D eigenvalue weighted by Gasteiger charge is -2.13. The van der Waals surface area contributed by atoms with Crippen LogP contribution in [0, 0.1) is 11.3 Å². The Labute approximate surface area is 67.6 Å². The second-order valence-corrected chi connectivity index (χ2v) is 2.38. The van der Waals surface area contributed by atoms with Gasteiger partial charge < -0.3 is 16.8 Å². The van der Waals surface area contributed by atoms with E-state index in [1.807, 2.05) is 0 Å². The van der Waals surface area contributed by atoms with Crippen LogP contribution in [-0.4, -0.2) is 25.7 Å². The zero-order valence-corrected chi connectivity index (χ0v) is 6.71. The summed E-state index contributed by atoms with van der Waals surface area (Å²) in [6.45, 7) is 1.97. The van der Waals surface area contributed by atoms with Crippen LogP contribution in [0.5, 0.6) is 0 Å². The smallest absolute Gasteiger partial charge is 0.0638 e. The van der Waals surface area contributed by atoms with E-state index in [2.05, 4.69) is 11.4 Å². The topological polar surface area (TPSA) is 87.9 Å². The molecule has 0 fully saturated rings. The van der Waals surface area contributed by atoms with Gasteiger partial charge in [0.2, 0.25) is 0 Å². The quantitative estimate of drug-likeness (QED) is 0.468. The predicted molar refractivity (Wildman–Crippen MR) is 44.7 cm³/mol. The molecule has 11 heavy (non-hydrogen) atoms. The number of nitriles is 1. The Balaban J connectivity index is 3.44. The van der Waals surface area contributed by atoms with Crippen LogP contribution in [0.25, 0.3) is 0 Å². The van der Waals surface area contributed by atoms with Gasteiger partial charge in [-0.3, -0.25) is 0 Å². The molecule has 0 rings (SSSR count). The van der Waals surface area contributed by atoms with Gasteiger partial charge in [0.15, 0.2) is 0 Å².